The van der Waals surface area contributed by atoms with Gasteiger partial charge in [0.15, 0.2) is 0 Å². The molecular weight excluding hydrogens is 364 g/mol. The monoisotopic (exact) mass is 416 g/mol. The molecule has 0 bridgehead atoms. The molecule has 164 valence electrons. The van der Waals surface area contributed by atoms with Crippen LogP contribution in [-0.2, 0) is 0 Å². The molecule has 0 saturated heterocycles. The Bertz CT molecular complexity index is 218. The molecule has 0 saturated carbocycles. The molecule has 0 unspecified atom stereocenters. The lowest BCUT2D eigenvalue weighted by Crippen LogP contribution is -1.86. The molecule has 27 heavy (non-hydrogen) atoms. The van der Waals surface area contributed by atoms with Crippen LogP contribution in [0.5, 0.6) is 0 Å². The molecule has 0 nitrogen and oxygen atoms in total. The average molecular weight is 417 g/mol. The van der Waals surface area contributed by atoms with E-state index in [4.69, 9.17) is 0 Å². The highest BCUT2D eigenvalue weighted by Gasteiger charge is 1.96. The zero-order valence-electron chi connectivity index (χ0n) is 19.1. The van der Waals surface area contributed by atoms with Crippen molar-refractivity contribution in [3.8, 4) is 0 Å². The van der Waals surface area contributed by atoms with E-state index in [1.807, 2.05) is 0 Å². The summed E-state index contributed by atoms with van der Waals surface area (Å²) in [5, 5.41) is 1.33. The Balaban J connectivity index is 2.95. The van der Waals surface area contributed by atoms with E-state index >= 15 is 0 Å². The van der Waals surface area contributed by atoms with Gasteiger partial charge in [0.1, 0.15) is 0 Å². The van der Waals surface area contributed by atoms with Crippen LogP contribution in [0.15, 0.2) is 0 Å². The Morgan fingerprint density at radius 1 is 0.333 bits per heavy atom. The molecule has 0 aromatic carbocycles. The lowest BCUT2D eigenvalue weighted by atomic mass is 10.1. The molecule has 0 radical (unpaired) electrons. The number of hydrogen-bond acceptors (Lipinski definition) is 2. The molecule has 0 aliphatic rings. The fourth-order valence-corrected chi connectivity index (χ4v) is 5.79. The third kappa shape index (κ3) is 26.7. The number of rotatable bonds is 24. The third-order valence-electron chi connectivity index (χ3n) is 5.45. The predicted molar refractivity (Wildman–Crippen MR) is 133 cm³/mol. The maximum absolute atomic E-state index is 2.30. The van der Waals surface area contributed by atoms with E-state index in [-0.39, 0.29) is 0 Å². The summed E-state index contributed by atoms with van der Waals surface area (Å²) in [6.07, 6.45) is 29.1. The summed E-state index contributed by atoms with van der Waals surface area (Å²) in [4.78, 5) is 0. The van der Waals surface area contributed by atoms with Crippen LogP contribution in [0.25, 0.3) is 0 Å². The molecule has 0 aliphatic carbocycles. The predicted octanol–water partition coefficient (Wildman–Crippen LogP) is 10.3. The van der Waals surface area contributed by atoms with E-state index in [2.05, 4.69) is 37.4 Å². The van der Waals surface area contributed by atoms with Gasteiger partial charge in [-0.25, -0.2) is 0 Å². The van der Waals surface area contributed by atoms with E-state index in [1.54, 1.807) is 0 Å². The molecule has 0 aromatic heterocycles. The lowest BCUT2D eigenvalue weighted by molar-refractivity contribution is 0.563. The van der Waals surface area contributed by atoms with Crippen LogP contribution in [0.2, 0.25) is 0 Å². The normalized spacial score (nSPS) is 11.3. The van der Waals surface area contributed by atoms with Crippen LogP contribution in [0, 0.1) is 0 Å². The van der Waals surface area contributed by atoms with E-state index in [1.165, 1.54) is 145 Å². The van der Waals surface area contributed by atoms with Crippen LogP contribution in [0.1, 0.15) is 142 Å². The molecule has 0 aromatic rings. The third-order valence-corrected chi connectivity index (χ3v) is 7.94. The summed E-state index contributed by atoms with van der Waals surface area (Å²) in [6.45, 7) is 4.60. The molecule has 0 amide bonds. The Morgan fingerprint density at radius 3 is 0.889 bits per heavy atom. The molecule has 2 heteroatoms. The molecule has 0 spiro atoms. The van der Waals surface area contributed by atoms with Crippen molar-refractivity contribution in [3.63, 3.8) is 0 Å². The second-order valence-electron chi connectivity index (χ2n) is 8.30. The highest BCUT2D eigenvalue weighted by atomic mass is 32.2. The van der Waals surface area contributed by atoms with Gasteiger partial charge in [-0.3, -0.25) is 0 Å². The lowest BCUT2D eigenvalue weighted by Gasteiger charge is -2.04. The topological polar surface area (TPSA) is 0 Å². The van der Waals surface area contributed by atoms with Crippen LogP contribution < -0.4 is 0 Å². The van der Waals surface area contributed by atoms with E-state index in [0.717, 1.165) is 0 Å². The van der Waals surface area contributed by atoms with Gasteiger partial charge in [-0.15, -0.1) is 0 Å². The minimum absolute atomic E-state index is 1.33. The van der Waals surface area contributed by atoms with Gasteiger partial charge < -0.3 is 0 Å². The summed E-state index contributed by atoms with van der Waals surface area (Å²) < 4.78 is 0. The van der Waals surface area contributed by atoms with Crippen LogP contribution in [-0.4, -0.2) is 16.6 Å². The highest BCUT2D eigenvalue weighted by Crippen LogP contribution is 2.18. The minimum atomic E-state index is 1.33. The van der Waals surface area contributed by atoms with Crippen molar-refractivity contribution in [2.75, 3.05) is 16.6 Å². The zero-order chi connectivity index (χ0) is 19.7. The van der Waals surface area contributed by atoms with Gasteiger partial charge in [0.25, 0.3) is 0 Å². The first-order valence-electron chi connectivity index (χ1n) is 12.6. The first kappa shape index (κ1) is 27.7. The van der Waals surface area contributed by atoms with Gasteiger partial charge >= 0.3 is 0 Å². The molecule has 0 rings (SSSR count). The Morgan fingerprint density at radius 2 is 0.593 bits per heavy atom. The fourth-order valence-electron chi connectivity index (χ4n) is 3.56. The van der Waals surface area contributed by atoms with Gasteiger partial charge in [-0.2, -0.15) is 23.5 Å². The minimum Gasteiger partial charge on any atom is -0.151 e. The second kappa shape index (κ2) is 26.7. The van der Waals surface area contributed by atoms with Crippen molar-refractivity contribution < 1.29 is 0 Å². The van der Waals surface area contributed by atoms with Crippen molar-refractivity contribution in [3.05, 3.63) is 0 Å². The summed E-state index contributed by atoms with van der Waals surface area (Å²) in [6, 6.07) is 0. The van der Waals surface area contributed by atoms with Crippen molar-refractivity contribution in [1.29, 1.82) is 0 Å². The van der Waals surface area contributed by atoms with Gasteiger partial charge in [0, 0.05) is 5.08 Å². The maximum Gasteiger partial charge on any atom is 0.0392 e. The summed E-state index contributed by atoms with van der Waals surface area (Å²) in [5.74, 6) is 2.78. The highest BCUT2D eigenvalue weighted by molar-refractivity contribution is 8.15. The van der Waals surface area contributed by atoms with Gasteiger partial charge in [-0.1, -0.05) is 129 Å². The van der Waals surface area contributed by atoms with Gasteiger partial charge in [0.2, 0.25) is 0 Å². The molecule has 0 N–H and O–H groups in total. The number of thioether (sulfide) groups is 2. The maximum atomic E-state index is 2.30. The Hall–Kier alpha value is 0.700. The Kier molecular flexibility index (Phi) is 27.4. The SMILES string of the molecule is CCCCCCCCCCCCSCSCCCCCCCCCCCC. The van der Waals surface area contributed by atoms with Crippen molar-refractivity contribution in [1.82, 2.24) is 0 Å². The number of unbranched alkanes of at least 4 members (excludes halogenated alkanes) is 18. The summed E-state index contributed by atoms with van der Waals surface area (Å²) in [7, 11) is 0. The average Bonchev–Trinajstić information content (AvgIpc) is 2.68. The van der Waals surface area contributed by atoms with E-state index < -0.39 is 0 Å². The van der Waals surface area contributed by atoms with E-state index in [0.29, 0.717) is 0 Å². The quantitative estimate of drug-likeness (QED) is 0.113. The Labute approximate surface area is 182 Å². The molecule has 0 fully saturated rings. The van der Waals surface area contributed by atoms with Gasteiger partial charge in [-0.05, 0) is 24.3 Å². The second-order valence-corrected chi connectivity index (χ2v) is 10.9. The smallest absolute Gasteiger partial charge is 0.0392 e. The standard InChI is InChI=1S/C25H52S2/c1-3-5-7-9-11-13-15-17-19-21-23-26-25-27-24-22-20-18-16-14-12-10-8-6-4-2/h3-25H2,1-2H3. The zero-order valence-corrected chi connectivity index (χ0v) is 20.7. The van der Waals surface area contributed by atoms with Gasteiger partial charge in [0.05, 0.1) is 0 Å². The van der Waals surface area contributed by atoms with Crippen molar-refractivity contribution in [2.24, 2.45) is 0 Å². The fraction of sp³-hybridized carbons (Fsp3) is 1.00. The molecule has 0 heterocycles. The first-order valence-corrected chi connectivity index (χ1v) is 14.9. The van der Waals surface area contributed by atoms with Crippen molar-refractivity contribution in [2.45, 2.75) is 142 Å². The molecular formula is C25H52S2. The molecule has 0 atom stereocenters. The summed E-state index contributed by atoms with van der Waals surface area (Å²) >= 11 is 4.35. The summed E-state index contributed by atoms with van der Waals surface area (Å²) in [5.41, 5.74) is 0. The first-order chi connectivity index (χ1) is 13.4. The van der Waals surface area contributed by atoms with Crippen LogP contribution in [0.4, 0.5) is 0 Å². The largest absolute Gasteiger partial charge is 0.151 e. The van der Waals surface area contributed by atoms with Crippen molar-refractivity contribution >= 4 is 23.5 Å². The number of hydrogen-bond donors (Lipinski definition) is 0. The van der Waals surface area contributed by atoms with E-state index in [9.17, 15) is 0 Å². The molecule has 0 aliphatic heterocycles. The van der Waals surface area contributed by atoms with Crippen LogP contribution >= 0.6 is 23.5 Å². The van der Waals surface area contributed by atoms with Crippen LogP contribution in [0.3, 0.4) is 0 Å².